The van der Waals surface area contributed by atoms with E-state index in [1.165, 1.54) is 12.0 Å². The maximum Gasteiger partial charge on any atom is 0.533 e. The summed E-state index contributed by atoms with van der Waals surface area (Å²) >= 11 is 0. The number of ether oxygens (including phenoxy) is 2. The first-order chi connectivity index (χ1) is 19.8. The molecule has 3 N–H and O–H groups in total. The molecule has 1 heterocycles. The lowest BCUT2D eigenvalue weighted by atomic mass is 9.48. The van der Waals surface area contributed by atoms with Crippen molar-refractivity contribution in [2.45, 2.75) is 115 Å². The van der Waals surface area contributed by atoms with Gasteiger partial charge < -0.3 is 24.7 Å². The molecule has 4 aliphatic rings. The topological polar surface area (TPSA) is 123 Å². The van der Waals surface area contributed by atoms with E-state index in [-0.39, 0.29) is 29.1 Å². The van der Waals surface area contributed by atoms with Crippen LogP contribution in [0.15, 0.2) is 12.1 Å². The normalized spacial score (nSPS) is 27.8. The molecule has 5 rings (SSSR count). The Labute approximate surface area is 243 Å². The summed E-state index contributed by atoms with van der Waals surface area (Å²) in [4.78, 5) is 40.8. The Bertz CT molecular complexity index is 1120. The smallest absolute Gasteiger partial charge is 0.483 e. The zero-order valence-corrected chi connectivity index (χ0v) is 24.5. The maximum absolute atomic E-state index is 12.5. The minimum absolute atomic E-state index is 0.0415. The van der Waals surface area contributed by atoms with Crippen molar-refractivity contribution in [2.75, 3.05) is 13.1 Å². The lowest BCUT2D eigenvalue weighted by Crippen LogP contribution is -2.59. The highest BCUT2D eigenvalue weighted by Gasteiger charge is 2.64. The maximum atomic E-state index is 12.5. The molecule has 226 valence electrons. The van der Waals surface area contributed by atoms with Gasteiger partial charge in [0.05, 0.1) is 6.10 Å². The Morgan fingerprint density at radius 2 is 1.93 bits per heavy atom. The molecule has 2 bridgehead atoms. The van der Waals surface area contributed by atoms with Crippen LogP contribution in [-0.4, -0.2) is 48.2 Å². The average molecular weight is 571 g/mol. The quantitative estimate of drug-likeness (QED) is 0.125. The van der Waals surface area contributed by atoms with E-state index in [0.29, 0.717) is 42.8 Å². The van der Waals surface area contributed by atoms with Crippen LogP contribution in [0, 0.1) is 17.8 Å². The summed E-state index contributed by atoms with van der Waals surface area (Å²) in [6, 6.07) is 3.85. The van der Waals surface area contributed by atoms with Gasteiger partial charge in [0.15, 0.2) is 11.5 Å². The minimum Gasteiger partial charge on any atom is -0.483 e. The molecule has 41 heavy (non-hydrogen) atoms. The van der Waals surface area contributed by atoms with Gasteiger partial charge in [0.1, 0.15) is 11.9 Å². The van der Waals surface area contributed by atoms with Gasteiger partial charge in [-0.25, -0.2) is 4.79 Å². The SMILES string of the molecule is CC(=O)C(C)CCCCNC(=O)CCCCCNOC(=O)Oc1ccc2c3c1OC1C(O)CCC4C(CCCC341)C2. The van der Waals surface area contributed by atoms with Crippen LogP contribution >= 0.6 is 0 Å². The first-order valence-corrected chi connectivity index (χ1v) is 15.7. The standard InChI is InChI=1S/C32H46N2O7/c1-20(21(2)35)9-5-7-17-33-27(37)11-4-3-6-18-34-41-31(38)39-26-15-12-23-19-22-10-8-16-32-24(22)13-14-25(36)30(32)40-29(26)28(23)32/h12,15,20,22,24-25,30,34,36H,3-11,13-14,16-19H2,1-2H3,(H,33,37). The van der Waals surface area contributed by atoms with Crippen molar-refractivity contribution in [1.82, 2.24) is 10.8 Å². The summed E-state index contributed by atoms with van der Waals surface area (Å²) in [6.45, 7) is 4.66. The Hall–Kier alpha value is -2.65. The van der Waals surface area contributed by atoms with Crippen molar-refractivity contribution in [3.05, 3.63) is 23.3 Å². The lowest BCUT2D eigenvalue weighted by Gasteiger charge is -2.55. The van der Waals surface area contributed by atoms with Crippen LogP contribution in [0.2, 0.25) is 0 Å². The van der Waals surface area contributed by atoms with Crippen LogP contribution < -0.4 is 20.3 Å². The highest BCUT2D eigenvalue weighted by molar-refractivity contribution is 5.77. The van der Waals surface area contributed by atoms with Gasteiger partial charge in [0, 0.05) is 36.4 Å². The Morgan fingerprint density at radius 1 is 1.10 bits per heavy atom. The Balaban J connectivity index is 1.00. The molecule has 1 aromatic rings. The summed E-state index contributed by atoms with van der Waals surface area (Å²) < 4.78 is 12.0. The summed E-state index contributed by atoms with van der Waals surface area (Å²) in [7, 11) is 0. The predicted octanol–water partition coefficient (Wildman–Crippen LogP) is 4.90. The van der Waals surface area contributed by atoms with E-state index in [1.54, 1.807) is 13.0 Å². The van der Waals surface area contributed by atoms with Gasteiger partial charge in [-0.05, 0) is 88.2 Å². The number of benzene rings is 1. The average Bonchev–Trinajstić information content (AvgIpc) is 3.29. The molecule has 3 aliphatic carbocycles. The fourth-order valence-corrected chi connectivity index (χ4v) is 7.90. The first-order valence-electron chi connectivity index (χ1n) is 15.7. The zero-order valence-electron chi connectivity index (χ0n) is 24.5. The van der Waals surface area contributed by atoms with Crippen molar-refractivity contribution < 1.29 is 33.8 Å². The van der Waals surface area contributed by atoms with Crippen molar-refractivity contribution in [1.29, 1.82) is 0 Å². The van der Waals surface area contributed by atoms with Gasteiger partial charge in [-0.1, -0.05) is 32.3 Å². The molecule has 1 aliphatic heterocycles. The Morgan fingerprint density at radius 3 is 2.76 bits per heavy atom. The number of amides is 1. The van der Waals surface area contributed by atoms with E-state index in [2.05, 4.69) is 16.9 Å². The van der Waals surface area contributed by atoms with Crippen LogP contribution in [0.1, 0.15) is 102 Å². The molecule has 2 fully saturated rings. The van der Waals surface area contributed by atoms with Crippen LogP contribution in [-0.2, 0) is 26.3 Å². The second-order valence-electron chi connectivity index (χ2n) is 12.6. The summed E-state index contributed by atoms with van der Waals surface area (Å²) in [6.07, 6.45) is 10.0. The number of unbranched alkanes of at least 4 members (excludes halogenated alkanes) is 3. The van der Waals surface area contributed by atoms with Gasteiger partial charge in [-0.3, -0.25) is 9.59 Å². The number of hydrogen-bond donors (Lipinski definition) is 3. The molecule has 0 radical (unpaired) electrons. The fourth-order valence-electron chi connectivity index (χ4n) is 7.90. The highest BCUT2D eigenvalue weighted by atomic mass is 16.8. The summed E-state index contributed by atoms with van der Waals surface area (Å²) in [5, 5.41) is 13.8. The van der Waals surface area contributed by atoms with E-state index in [1.807, 2.05) is 6.92 Å². The van der Waals surface area contributed by atoms with Crippen molar-refractivity contribution in [2.24, 2.45) is 17.8 Å². The molecule has 9 nitrogen and oxygen atoms in total. The van der Waals surface area contributed by atoms with Crippen molar-refractivity contribution in [3.8, 4) is 11.5 Å². The van der Waals surface area contributed by atoms with Crippen LogP contribution in [0.4, 0.5) is 4.79 Å². The number of Topliss-reactive ketones (excluding diaryl/α,β-unsaturated/α-hetero) is 1. The predicted molar refractivity (Wildman–Crippen MR) is 153 cm³/mol. The molecule has 1 aromatic carbocycles. The summed E-state index contributed by atoms with van der Waals surface area (Å²) in [5.74, 6) is 2.46. The molecule has 6 unspecified atom stereocenters. The van der Waals surface area contributed by atoms with Gasteiger partial charge in [-0.2, -0.15) is 0 Å². The molecule has 1 amide bonds. The van der Waals surface area contributed by atoms with Gasteiger partial charge in [0.25, 0.3) is 0 Å². The number of rotatable bonds is 14. The third-order valence-corrected chi connectivity index (χ3v) is 10.0. The molecule has 9 heteroatoms. The number of ketones is 1. The number of nitrogens with one attached hydrogen (secondary N) is 2. The van der Waals surface area contributed by atoms with Gasteiger partial charge in [-0.15, -0.1) is 5.48 Å². The van der Waals surface area contributed by atoms with E-state index >= 15 is 0 Å². The first kappa shape index (κ1) is 29.8. The monoisotopic (exact) mass is 570 g/mol. The van der Waals surface area contributed by atoms with Crippen molar-refractivity contribution >= 4 is 17.8 Å². The highest BCUT2D eigenvalue weighted by Crippen LogP contribution is 2.65. The lowest BCUT2D eigenvalue weighted by molar-refractivity contribution is -0.122. The largest absolute Gasteiger partial charge is 0.533 e. The van der Waals surface area contributed by atoms with E-state index in [9.17, 15) is 19.5 Å². The van der Waals surface area contributed by atoms with Crippen LogP contribution in [0.3, 0.4) is 0 Å². The van der Waals surface area contributed by atoms with Crippen molar-refractivity contribution in [3.63, 3.8) is 0 Å². The van der Waals surface area contributed by atoms with E-state index < -0.39 is 12.3 Å². The molecule has 0 aromatic heterocycles. The van der Waals surface area contributed by atoms with E-state index in [0.717, 1.165) is 76.2 Å². The molecule has 6 atom stereocenters. The molecule has 2 saturated carbocycles. The van der Waals surface area contributed by atoms with E-state index in [4.69, 9.17) is 14.3 Å². The Kier molecular flexibility index (Phi) is 9.54. The number of aliphatic hydroxyl groups excluding tert-OH is 1. The third-order valence-electron chi connectivity index (χ3n) is 10.0. The molecule has 0 saturated heterocycles. The molecular formula is C32H46N2O7. The van der Waals surface area contributed by atoms with Crippen LogP contribution in [0.5, 0.6) is 11.5 Å². The number of carbonyl (C=O) groups excluding carboxylic acids is 3. The van der Waals surface area contributed by atoms with Gasteiger partial charge in [0.2, 0.25) is 5.91 Å². The number of aliphatic hydroxyl groups is 1. The molecular weight excluding hydrogens is 524 g/mol. The number of carbonyl (C=O) groups is 3. The number of hydroxylamine groups is 1. The zero-order chi connectivity index (χ0) is 29.0. The fraction of sp³-hybridized carbons (Fsp3) is 0.719. The second-order valence-corrected chi connectivity index (χ2v) is 12.6. The number of hydrogen-bond acceptors (Lipinski definition) is 8. The second kappa shape index (κ2) is 13.1. The minimum atomic E-state index is -0.844. The summed E-state index contributed by atoms with van der Waals surface area (Å²) in [5.41, 5.74) is 4.92. The third kappa shape index (κ3) is 6.26. The van der Waals surface area contributed by atoms with Gasteiger partial charge >= 0.3 is 6.16 Å². The molecule has 1 spiro atoms. The van der Waals surface area contributed by atoms with Crippen LogP contribution in [0.25, 0.3) is 0 Å².